The van der Waals surface area contributed by atoms with Crippen molar-refractivity contribution in [3.8, 4) is 0 Å². The third-order valence-corrected chi connectivity index (χ3v) is 4.54. The van der Waals surface area contributed by atoms with Crippen LogP contribution in [-0.4, -0.2) is 39.9 Å². The number of rotatable bonds is 5. The first-order valence-corrected chi connectivity index (χ1v) is 8.04. The number of aliphatic carboxylic acids is 1. The number of benzene rings is 1. The lowest BCUT2D eigenvalue weighted by atomic mass is 10.0. The van der Waals surface area contributed by atoms with Gasteiger partial charge in [0.25, 0.3) is 0 Å². The van der Waals surface area contributed by atoms with Crippen LogP contribution in [0.25, 0.3) is 0 Å². The van der Waals surface area contributed by atoms with Gasteiger partial charge in [0.2, 0.25) is 5.91 Å². The van der Waals surface area contributed by atoms with Gasteiger partial charge in [-0.05, 0) is 42.0 Å². The van der Waals surface area contributed by atoms with E-state index < -0.39 is 5.97 Å². The molecule has 1 saturated heterocycles. The Hall–Kier alpha value is -1.56. The number of hydrogen-bond acceptors (Lipinski definition) is 3. The Bertz CT molecular complexity index is 500. The Balaban J connectivity index is 2.07. The van der Waals surface area contributed by atoms with E-state index in [1.54, 1.807) is 12.1 Å². The third kappa shape index (κ3) is 4.74. The van der Waals surface area contributed by atoms with Crippen molar-refractivity contribution in [2.45, 2.75) is 19.4 Å². The summed E-state index contributed by atoms with van der Waals surface area (Å²) >= 11 is 1.82. The van der Waals surface area contributed by atoms with Crippen LogP contribution in [0, 0.1) is 11.7 Å². The van der Waals surface area contributed by atoms with Gasteiger partial charge in [0.05, 0.1) is 0 Å². The first kappa shape index (κ1) is 15.8. The van der Waals surface area contributed by atoms with Crippen molar-refractivity contribution in [3.63, 3.8) is 0 Å². The van der Waals surface area contributed by atoms with E-state index in [9.17, 15) is 14.0 Å². The molecule has 1 aromatic rings. The zero-order chi connectivity index (χ0) is 15.2. The molecule has 1 aliphatic rings. The van der Waals surface area contributed by atoms with Crippen molar-refractivity contribution in [1.29, 1.82) is 0 Å². The molecule has 0 spiro atoms. The number of amides is 1. The van der Waals surface area contributed by atoms with Crippen molar-refractivity contribution >= 4 is 23.6 Å². The molecule has 0 bridgehead atoms. The molecule has 1 aromatic carbocycles. The van der Waals surface area contributed by atoms with Gasteiger partial charge in [-0.25, -0.2) is 4.39 Å². The lowest BCUT2D eigenvalue weighted by Crippen LogP contribution is -2.40. The molecule has 0 atom stereocenters. The fourth-order valence-corrected chi connectivity index (χ4v) is 3.49. The van der Waals surface area contributed by atoms with E-state index in [0.717, 1.165) is 29.9 Å². The summed E-state index contributed by atoms with van der Waals surface area (Å²) in [6, 6.07) is 5.79. The van der Waals surface area contributed by atoms with Crippen LogP contribution in [0.15, 0.2) is 24.3 Å². The van der Waals surface area contributed by atoms with Gasteiger partial charge in [-0.2, -0.15) is 11.8 Å². The predicted octanol–water partition coefficient (Wildman–Crippen LogP) is 2.38. The second kappa shape index (κ2) is 7.45. The molecule has 0 radical (unpaired) electrons. The largest absolute Gasteiger partial charge is 0.480 e. The Morgan fingerprint density at radius 1 is 1.24 bits per heavy atom. The number of carbonyl (C=O) groups excluding carboxylic acids is 1. The van der Waals surface area contributed by atoms with Crippen molar-refractivity contribution < 1.29 is 19.1 Å². The number of halogens is 1. The molecule has 0 saturated carbocycles. The van der Waals surface area contributed by atoms with Gasteiger partial charge >= 0.3 is 5.97 Å². The van der Waals surface area contributed by atoms with Crippen LogP contribution >= 0.6 is 11.8 Å². The maximum absolute atomic E-state index is 12.9. The highest BCUT2D eigenvalue weighted by Crippen LogP contribution is 2.25. The van der Waals surface area contributed by atoms with Crippen LogP contribution < -0.4 is 0 Å². The zero-order valence-electron chi connectivity index (χ0n) is 11.6. The quantitative estimate of drug-likeness (QED) is 0.907. The Labute approximate surface area is 127 Å². The average molecular weight is 311 g/mol. The number of thioether (sulfide) groups is 1. The van der Waals surface area contributed by atoms with Crippen LogP contribution in [-0.2, 0) is 16.1 Å². The lowest BCUT2D eigenvalue weighted by molar-refractivity contribution is -0.147. The molecule has 0 aromatic heterocycles. The van der Waals surface area contributed by atoms with Crippen LogP contribution in [0.5, 0.6) is 0 Å². The number of nitrogens with zero attached hydrogens (tertiary/aromatic N) is 1. The van der Waals surface area contributed by atoms with Crippen molar-refractivity contribution in [2.24, 2.45) is 5.92 Å². The highest BCUT2D eigenvalue weighted by molar-refractivity contribution is 7.99. The van der Waals surface area contributed by atoms with Gasteiger partial charge in [0, 0.05) is 12.5 Å². The van der Waals surface area contributed by atoms with E-state index in [1.165, 1.54) is 17.0 Å². The molecule has 114 valence electrons. The summed E-state index contributed by atoms with van der Waals surface area (Å²) in [5.41, 5.74) is 0.733. The summed E-state index contributed by atoms with van der Waals surface area (Å²) in [4.78, 5) is 24.8. The van der Waals surface area contributed by atoms with E-state index in [2.05, 4.69) is 0 Å². The highest BCUT2D eigenvalue weighted by Gasteiger charge is 2.27. The van der Waals surface area contributed by atoms with E-state index in [4.69, 9.17) is 5.11 Å². The normalized spacial score (nSPS) is 15.7. The minimum atomic E-state index is -1.03. The Morgan fingerprint density at radius 2 is 1.86 bits per heavy atom. The van der Waals surface area contributed by atoms with Crippen LogP contribution in [0.4, 0.5) is 4.39 Å². The standard InChI is InChI=1S/C15H18FNO3S/c16-13-3-1-11(2-4-13)9-17(10-14(18)19)15(20)12-5-7-21-8-6-12/h1-4,12H,5-10H2,(H,18,19). The smallest absolute Gasteiger partial charge is 0.323 e. The SMILES string of the molecule is O=C(O)CN(Cc1ccc(F)cc1)C(=O)C1CCSCC1. The van der Waals surface area contributed by atoms with Crippen LogP contribution in [0.1, 0.15) is 18.4 Å². The summed E-state index contributed by atoms with van der Waals surface area (Å²) in [6.07, 6.45) is 1.59. The highest BCUT2D eigenvalue weighted by atomic mass is 32.2. The maximum Gasteiger partial charge on any atom is 0.323 e. The average Bonchev–Trinajstić information content (AvgIpc) is 2.48. The van der Waals surface area contributed by atoms with Gasteiger partial charge < -0.3 is 10.0 Å². The van der Waals surface area contributed by atoms with E-state index >= 15 is 0 Å². The first-order valence-electron chi connectivity index (χ1n) is 6.89. The van der Waals surface area contributed by atoms with Gasteiger partial charge in [0.15, 0.2) is 0 Å². The minimum Gasteiger partial charge on any atom is -0.480 e. The minimum absolute atomic E-state index is 0.0916. The van der Waals surface area contributed by atoms with Gasteiger partial charge in [0.1, 0.15) is 12.4 Å². The summed E-state index contributed by atoms with van der Waals surface area (Å²) < 4.78 is 12.9. The molecule has 2 rings (SSSR count). The fourth-order valence-electron chi connectivity index (χ4n) is 2.39. The topological polar surface area (TPSA) is 57.6 Å². The van der Waals surface area contributed by atoms with Crippen LogP contribution in [0.2, 0.25) is 0 Å². The lowest BCUT2D eigenvalue weighted by Gasteiger charge is -2.28. The second-order valence-corrected chi connectivity index (χ2v) is 6.33. The fraction of sp³-hybridized carbons (Fsp3) is 0.467. The molecule has 21 heavy (non-hydrogen) atoms. The predicted molar refractivity (Wildman–Crippen MR) is 79.5 cm³/mol. The van der Waals surface area contributed by atoms with E-state index in [0.29, 0.717) is 0 Å². The van der Waals surface area contributed by atoms with E-state index in [1.807, 2.05) is 11.8 Å². The summed E-state index contributed by atoms with van der Waals surface area (Å²) in [5.74, 6) is 0.296. The number of carboxylic acids is 1. The number of carboxylic acid groups (broad SMARTS) is 1. The molecule has 1 amide bonds. The molecule has 6 heteroatoms. The first-order chi connectivity index (χ1) is 10.1. The molecule has 0 unspecified atom stereocenters. The summed E-state index contributed by atoms with van der Waals surface area (Å²) in [7, 11) is 0. The Morgan fingerprint density at radius 3 is 2.43 bits per heavy atom. The van der Waals surface area contributed by atoms with Crippen molar-refractivity contribution in [1.82, 2.24) is 4.90 Å². The van der Waals surface area contributed by atoms with Gasteiger partial charge in [-0.15, -0.1) is 0 Å². The third-order valence-electron chi connectivity index (χ3n) is 3.50. The summed E-state index contributed by atoms with van der Waals surface area (Å²) in [6.45, 7) is -0.116. The van der Waals surface area contributed by atoms with E-state index in [-0.39, 0.29) is 30.7 Å². The molecule has 1 N–H and O–H groups in total. The molecule has 0 aliphatic carbocycles. The van der Waals surface area contributed by atoms with Crippen molar-refractivity contribution in [2.75, 3.05) is 18.1 Å². The molecule has 1 fully saturated rings. The molecular weight excluding hydrogens is 293 g/mol. The number of carbonyl (C=O) groups is 2. The second-order valence-electron chi connectivity index (χ2n) is 5.10. The maximum atomic E-state index is 12.9. The molecule has 1 heterocycles. The number of hydrogen-bond donors (Lipinski definition) is 1. The molecule has 1 aliphatic heterocycles. The zero-order valence-corrected chi connectivity index (χ0v) is 12.4. The monoisotopic (exact) mass is 311 g/mol. The van der Waals surface area contributed by atoms with Crippen LogP contribution in [0.3, 0.4) is 0 Å². The van der Waals surface area contributed by atoms with Gasteiger partial charge in [-0.1, -0.05) is 12.1 Å². The van der Waals surface area contributed by atoms with Gasteiger partial charge in [-0.3, -0.25) is 9.59 Å². The van der Waals surface area contributed by atoms with Crippen molar-refractivity contribution in [3.05, 3.63) is 35.6 Å². The molecular formula is C15H18FNO3S. The molecule has 4 nitrogen and oxygen atoms in total. The Kier molecular flexibility index (Phi) is 5.61. The summed E-state index contributed by atoms with van der Waals surface area (Å²) in [5, 5.41) is 9.00.